The quantitative estimate of drug-likeness (QED) is 0.639. The highest BCUT2D eigenvalue weighted by molar-refractivity contribution is 5.60. The molecule has 20 heavy (non-hydrogen) atoms. The minimum Gasteiger partial charge on any atom is -0.373 e. The van der Waals surface area contributed by atoms with Gasteiger partial charge >= 0.3 is 5.69 Å². The maximum atomic E-state index is 11.3. The highest BCUT2D eigenvalue weighted by Crippen LogP contribution is 2.31. The summed E-state index contributed by atoms with van der Waals surface area (Å²) < 4.78 is 7.25. The van der Waals surface area contributed by atoms with Gasteiger partial charge in [-0.2, -0.15) is 5.10 Å². The zero-order valence-corrected chi connectivity index (χ0v) is 12.3. The van der Waals surface area contributed by atoms with Crippen LogP contribution in [0, 0.1) is 10.1 Å². The molecule has 7 heteroatoms. The zero-order valence-electron chi connectivity index (χ0n) is 12.3. The minimum absolute atomic E-state index is 0.0935. The van der Waals surface area contributed by atoms with Crippen molar-refractivity contribution in [3.05, 3.63) is 15.8 Å². The van der Waals surface area contributed by atoms with Gasteiger partial charge in [0, 0.05) is 20.2 Å². The van der Waals surface area contributed by atoms with E-state index in [1.165, 1.54) is 0 Å². The molecular formula is C13H22N4O3. The Morgan fingerprint density at radius 1 is 1.60 bits per heavy atom. The normalized spacial score (nSPS) is 22.1. The summed E-state index contributed by atoms with van der Waals surface area (Å²) in [7, 11) is 1.73. The van der Waals surface area contributed by atoms with Gasteiger partial charge in [-0.1, -0.05) is 13.3 Å². The van der Waals surface area contributed by atoms with Crippen LogP contribution in [0.5, 0.6) is 0 Å². The predicted molar refractivity (Wildman–Crippen MR) is 75.9 cm³/mol. The van der Waals surface area contributed by atoms with Crippen LogP contribution in [-0.2, 0) is 18.2 Å². The molecule has 2 rings (SSSR count). The van der Waals surface area contributed by atoms with Crippen molar-refractivity contribution in [3.63, 3.8) is 0 Å². The predicted octanol–water partition coefficient (Wildman–Crippen LogP) is 2.26. The summed E-state index contributed by atoms with van der Waals surface area (Å²) in [6, 6.07) is 0. The van der Waals surface area contributed by atoms with Crippen molar-refractivity contribution in [2.24, 2.45) is 7.05 Å². The van der Waals surface area contributed by atoms with Gasteiger partial charge in [0.05, 0.1) is 10.5 Å². The molecule has 1 unspecified atom stereocenters. The Balaban J connectivity index is 2.19. The van der Waals surface area contributed by atoms with E-state index >= 15 is 0 Å². The second kappa shape index (κ2) is 5.78. The van der Waals surface area contributed by atoms with E-state index in [0.29, 0.717) is 24.5 Å². The molecule has 2 heterocycles. The van der Waals surface area contributed by atoms with E-state index in [4.69, 9.17) is 4.74 Å². The van der Waals surface area contributed by atoms with E-state index in [1.54, 1.807) is 11.7 Å². The molecule has 1 N–H and O–H groups in total. The van der Waals surface area contributed by atoms with Crippen LogP contribution in [0.4, 0.5) is 11.5 Å². The van der Waals surface area contributed by atoms with Crippen LogP contribution >= 0.6 is 0 Å². The van der Waals surface area contributed by atoms with Crippen LogP contribution in [0.2, 0.25) is 0 Å². The second-order valence-corrected chi connectivity index (χ2v) is 5.53. The smallest absolute Gasteiger partial charge is 0.333 e. The zero-order chi connectivity index (χ0) is 14.8. The van der Waals surface area contributed by atoms with Gasteiger partial charge in [0.15, 0.2) is 0 Å². The molecule has 1 atom stereocenters. The molecule has 112 valence electrons. The molecule has 0 aromatic carbocycles. The molecule has 0 saturated carbocycles. The summed E-state index contributed by atoms with van der Waals surface area (Å²) in [6.07, 6.45) is 3.44. The third kappa shape index (κ3) is 2.92. The molecule has 0 amide bonds. The van der Waals surface area contributed by atoms with Crippen molar-refractivity contribution >= 4 is 11.5 Å². The number of hydrogen-bond donors (Lipinski definition) is 1. The fourth-order valence-electron chi connectivity index (χ4n) is 2.61. The summed E-state index contributed by atoms with van der Waals surface area (Å²) in [6.45, 7) is 5.33. The van der Waals surface area contributed by atoms with E-state index in [9.17, 15) is 10.1 Å². The lowest BCUT2D eigenvalue weighted by Gasteiger charge is -2.23. The van der Waals surface area contributed by atoms with Gasteiger partial charge in [-0.3, -0.25) is 10.1 Å². The molecule has 7 nitrogen and oxygen atoms in total. The van der Waals surface area contributed by atoms with E-state index in [0.717, 1.165) is 25.9 Å². The topological polar surface area (TPSA) is 82.2 Å². The number of aromatic nitrogens is 2. The van der Waals surface area contributed by atoms with Crippen LogP contribution in [-0.4, -0.2) is 33.5 Å². The molecule has 0 spiro atoms. The standard InChI is InChI=1S/C13H22N4O3/c1-4-6-10-11(17(18)19)12(16(3)15-10)14-9-13(2)7-5-8-20-13/h14H,4-9H2,1-3H3. The number of nitrogens with zero attached hydrogens (tertiary/aromatic N) is 3. The van der Waals surface area contributed by atoms with Crippen LogP contribution in [0.1, 0.15) is 38.8 Å². The SMILES string of the molecule is CCCc1nn(C)c(NCC2(C)CCCO2)c1[N+](=O)[O-]. The van der Waals surface area contributed by atoms with Gasteiger partial charge in [-0.15, -0.1) is 0 Å². The van der Waals surface area contributed by atoms with Gasteiger partial charge in [0.1, 0.15) is 5.69 Å². The molecule has 1 aromatic rings. The Labute approximate surface area is 118 Å². The van der Waals surface area contributed by atoms with Gasteiger partial charge in [-0.05, 0) is 26.2 Å². The molecular weight excluding hydrogens is 260 g/mol. The Morgan fingerprint density at radius 2 is 2.35 bits per heavy atom. The Morgan fingerprint density at radius 3 is 2.90 bits per heavy atom. The molecule has 1 aromatic heterocycles. The van der Waals surface area contributed by atoms with Crippen molar-refractivity contribution in [1.82, 2.24) is 9.78 Å². The van der Waals surface area contributed by atoms with Crippen molar-refractivity contribution in [2.75, 3.05) is 18.5 Å². The lowest BCUT2D eigenvalue weighted by molar-refractivity contribution is -0.384. The fraction of sp³-hybridized carbons (Fsp3) is 0.769. The van der Waals surface area contributed by atoms with Crippen molar-refractivity contribution in [2.45, 2.75) is 45.1 Å². The summed E-state index contributed by atoms with van der Waals surface area (Å²) in [4.78, 5) is 10.9. The average molecular weight is 282 g/mol. The maximum absolute atomic E-state index is 11.3. The number of rotatable bonds is 6. The molecule has 1 aliphatic rings. The largest absolute Gasteiger partial charge is 0.373 e. The molecule has 0 radical (unpaired) electrons. The van der Waals surface area contributed by atoms with Gasteiger partial charge in [-0.25, -0.2) is 4.68 Å². The number of nitro groups is 1. The summed E-state index contributed by atoms with van der Waals surface area (Å²) in [5.74, 6) is 0.468. The van der Waals surface area contributed by atoms with Crippen molar-refractivity contribution in [3.8, 4) is 0 Å². The summed E-state index contributed by atoms with van der Waals surface area (Å²) >= 11 is 0. The van der Waals surface area contributed by atoms with Gasteiger partial charge in [0.25, 0.3) is 0 Å². The van der Waals surface area contributed by atoms with Gasteiger partial charge < -0.3 is 10.1 Å². The van der Waals surface area contributed by atoms with Crippen LogP contribution in [0.3, 0.4) is 0 Å². The highest BCUT2D eigenvalue weighted by atomic mass is 16.6. The number of hydrogen-bond acceptors (Lipinski definition) is 5. The fourth-order valence-corrected chi connectivity index (χ4v) is 2.61. The van der Waals surface area contributed by atoms with Gasteiger partial charge in [0.2, 0.25) is 5.82 Å². The molecule has 1 fully saturated rings. The van der Waals surface area contributed by atoms with E-state index in [-0.39, 0.29) is 16.2 Å². The minimum atomic E-state index is -0.349. The average Bonchev–Trinajstić information content (AvgIpc) is 2.92. The monoisotopic (exact) mass is 282 g/mol. The number of anilines is 1. The maximum Gasteiger partial charge on any atom is 0.333 e. The van der Waals surface area contributed by atoms with Crippen LogP contribution in [0.25, 0.3) is 0 Å². The number of aryl methyl sites for hydroxylation is 2. The lowest BCUT2D eigenvalue weighted by Crippen LogP contribution is -2.33. The molecule has 1 aliphatic heterocycles. The first-order valence-corrected chi connectivity index (χ1v) is 7.05. The summed E-state index contributed by atoms with van der Waals surface area (Å²) in [5, 5.41) is 18.7. The highest BCUT2D eigenvalue weighted by Gasteiger charge is 2.32. The Bertz CT molecular complexity index is 492. The molecule has 1 saturated heterocycles. The first kappa shape index (κ1) is 14.8. The van der Waals surface area contributed by atoms with Crippen LogP contribution in [0.15, 0.2) is 0 Å². The lowest BCUT2D eigenvalue weighted by atomic mass is 10.0. The van der Waals surface area contributed by atoms with E-state index in [1.807, 2.05) is 13.8 Å². The second-order valence-electron chi connectivity index (χ2n) is 5.53. The Kier molecular flexibility index (Phi) is 4.27. The van der Waals surface area contributed by atoms with Crippen LogP contribution < -0.4 is 5.32 Å². The first-order chi connectivity index (χ1) is 9.47. The third-order valence-electron chi connectivity index (χ3n) is 3.69. The molecule has 0 bridgehead atoms. The van der Waals surface area contributed by atoms with Crippen molar-refractivity contribution < 1.29 is 9.66 Å². The summed E-state index contributed by atoms with van der Waals surface area (Å²) in [5.41, 5.74) is 0.388. The van der Waals surface area contributed by atoms with E-state index in [2.05, 4.69) is 10.4 Å². The molecule has 0 aliphatic carbocycles. The van der Waals surface area contributed by atoms with Crippen molar-refractivity contribution in [1.29, 1.82) is 0 Å². The number of ether oxygens (including phenoxy) is 1. The first-order valence-electron chi connectivity index (χ1n) is 7.05. The van der Waals surface area contributed by atoms with E-state index < -0.39 is 0 Å². The Hall–Kier alpha value is -1.63. The third-order valence-corrected chi connectivity index (χ3v) is 3.69. The number of nitrogens with one attached hydrogen (secondary N) is 1.